The molecule has 5 aromatic rings. The third-order valence-corrected chi connectivity index (χ3v) is 7.37. The van der Waals surface area contributed by atoms with Gasteiger partial charge in [0, 0.05) is 10.4 Å². The van der Waals surface area contributed by atoms with Gasteiger partial charge in [0.15, 0.2) is 0 Å². The van der Waals surface area contributed by atoms with Crippen LogP contribution < -0.4 is 0 Å². The minimum Gasteiger partial charge on any atom is -0.0843 e. The van der Waals surface area contributed by atoms with Crippen molar-refractivity contribution in [2.75, 3.05) is 0 Å². The van der Waals surface area contributed by atoms with Crippen LogP contribution in [0.1, 0.15) is 25.0 Å². The highest BCUT2D eigenvalue weighted by Gasteiger charge is 2.38. The summed E-state index contributed by atoms with van der Waals surface area (Å²) >= 11 is 6.50. The molecule has 0 aliphatic heterocycles. The predicted octanol–water partition coefficient (Wildman–Crippen LogP) is 9.65. The zero-order chi connectivity index (χ0) is 23.3. The van der Waals surface area contributed by atoms with Crippen LogP contribution in [-0.4, -0.2) is 0 Å². The van der Waals surface area contributed by atoms with Gasteiger partial charge in [-0.05, 0) is 73.8 Å². The van der Waals surface area contributed by atoms with Gasteiger partial charge in [-0.1, -0.05) is 123 Å². The topological polar surface area (TPSA) is 0 Å². The van der Waals surface area contributed by atoms with Gasteiger partial charge in [-0.3, -0.25) is 0 Å². The Morgan fingerprint density at radius 3 is 1.74 bits per heavy atom. The maximum absolute atomic E-state index is 6.50. The summed E-state index contributed by atoms with van der Waals surface area (Å²) in [7, 11) is 0. The van der Waals surface area contributed by atoms with Crippen LogP contribution in [0.5, 0.6) is 0 Å². The SMILES string of the molecule is CC1(C)c2ccccc2-c2c1cc(-c1cccc(Cl)c1)c(-c1ccccc1)c2-c1ccccc1. The van der Waals surface area contributed by atoms with Gasteiger partial charge in [-0.2, -0.15) is 0 Å². The largest absolute Gasteiger partial charge is 0.0843 e. The Kier molecular flexibility index (Phi) is 4.94. The molecule has 5 aromatic carbocycles. The van der Waals surface area contributed by atoms with Gasteiger partial charge in [0.25, 0.3) is 0 Å². The molecule has 164 valence electrons. The fraction of sp³-hybridized carbons (Fsp3) is 0.0909. The maximum Gasteiger partial charge on any atom is 0.0412 e. The standard InChI is InChI=1S/C33H25Cl/c1-33(2)28-19-10-9-18-26(28)32-29(33)21-27(24-16-11-17-25(34)20-24)30(22-12-5-3-6-13-22)31(32)23-14-7-4-8-15-23/h3-21H,1-2H3. The van der Waals surface area contributed by atoms with E-state index in [1.54, 1.807) is 0 Å². The molecule has 0 nitrogen and oxygen atoms in total. The molecule has 6 rings (SSSR count). The van der Waals surface area contributed by atoms with Crippen LogP contribution >= 0.6 is 11.6 Å². The van der Waals surface area contributed by atoms with E-state index in [4.69, 9.17) is 11.6 Å². The molecule has 1 heteroatoms. The van der Waals surface area contributed by atoms with Gasteiger partial charge in [0.2, 0.25) is 0 Å². The lowest BCUT2D eigenvalue weighted by Gasteiger charge is -2.25. The molecule has 0 N–H and O–H groups in total. The Morgan fingerprint density at radius 2 is 1.06 bits per heavy atom. The van der Waals surface area contributed by atoms with Crippen LogP contribution in [-0.2, 0) is 5.41 Å². The number of rotatable bonds is 3. The minimum absolute atomic E-state index is 0.0992. The first-order chi connectivity index (χ1) is 16.6. The van der Waals surface area contributed by atoms with E-state index in [-0.39, 0.29) is 5.41 Å². The van der Waals surface area contributed by atoms with Crippen LogP contribution in [0, 0.1) is 0 Å². The van der Waals surface area contributed by atoms with Gasteiger partial charge in [0.1, 0.15) is 0 Å². The van der Waals surface area contributed by atoms with Gasteiger partial charge in [-0.25, -0.2) is 0 Å². The Balaban J connectivity index is 1.83. The quantitative estimate of drug-likeness (QED) is 0.253. The lowest BCUT2D eigenvalue weighted by atomic mass is 9.77. The van der Waals surface area contributed by atoms with Crippen molar-refractivity contribution in [3.8, 4) is 44.5 Å². The zero-order valence-electron chi connectivity index (χ0n) is 19.3. The summed E-state index contributed by atoms with van der Waals surface area (Å²) < 4.78 is 0. The van der Waals surface area contributed by atoms with E-state index in [1.807, 2.05) is 12.1 Å². The molecule has 0 aromatic heterocycles. The summed E-state index contributed by atoms with van der Waals surface area (Å²) in [5.41, 5.74) is 12.6. The fourth-order valence-electron chi connectivity index (χ4n) is 5.53. The van der Waals surface area contributed by atoms with Gasteiger partial charge < -0.3 is 0 Å². The van der Waals surface area contributed by atoms with E-state index >= 15 is 0 Å². The first-order valence-electron chi connectivity index (χ1n) is 11.7. The van der Waals surface area contributed by atoms with Crippen LogP contribution in [0.15, 0.2) is 115 Å². The molecular weight excluding hydrogens is 432 g/mol. The molecule has 0 fully saturated rings. The highest BCUT2D eigenvalue weighted by Crippen LogP contribution is 2.56. The van der Waals surface area contributed by atoms with Crippen molar-refractivity contribution in [1.29, 1.82) is 0 Å². The van der Waals surface area contributed by atoms with Crippen molar-refractivity contribution >= 4 is 11.6 Å². The summed E-state index contributed by atoms with van der Waals surface area (Å²) in [5.74, 6) is 0. The van der Waals surface area contributed by atoms with Crippen molar-refractivity contribution in [2.24, 2.45) is 0 Å². The molecule has 0 spiro atoms. The molecular formula is C33H25Cl. The van der Waals surface area contributed by atoms with E-state index in [0.717, 1.165) is 10.6 Å². The molecule has 0 bridgehead atoms. The summed E-state index contributed by atoms with van der Waals surface area (Å²) in [5, 5.41) is 0.751. The van der Waals surface area contributed by atoms with Crippen LogP contribution in [0.2, 0.25) is 5.02 Å². The Bertz CT molecular complexity index is 1510. The van der Waals surface area contributed by atoms with Crippen molar-refractivity contribution in [3.05, 3.63) is 131 Å². The van der Waals surface area contributed by atoms with Crippen LogP contribution in [0.25, 0.3) is 44.5 Å². The van der Waals surface area contributed by atoms with E-state index in [0.29, 0.717) is 0 Å². The third kappa shape index (κ3) is 3.22. The Morgan fingerprint density at radius 1 is 0.471 bits per heavy atom. The fourth-order valence-corrected chi connectivity index (χ4v) is 5.72. The van der Waals surface area contributed by atoms with Crippen LogP contribution in [0.4, 0.5) is 0 Å². The van der Waals surface area contributed by atoms with E-state index in [2.05, 4.69) is 117 Å². The lowest BCUT2D eigenvalue weighted by molar-refractivity contribution is 0.661. The maximum atomic E-state index is 6.50. The third-order valence-electron chi connectivity index (χ3n) is 7.13. The molecule has 0 saturated heterocycles. The van der Waals surface area contributed by atoms with E-state index in [9.17, 15) is 0 Å². The molecule has 0 heterocycles. The number of fused-ring (bicyclic) bond motifs is 3. The Hall–Kier alpha value is -3.61. The molecule has 0 atom stereocenters. The predicted molar refractivity (Wildman–Crippen MR) is 145 cm³/mol. The average Bonchev–Trinajstić information content (AvgIpc) is 3.11. The Labute approximate surface area is 206 Å². The normalized spacial score (nSPS) is 13.4. The highest BCUT2D eigenvalue weighted by atomic mass is 35.5. The first-order valence-corrected chi connectivity index (χ1v) is 12.1. The van der Waals surface area contributed by atoms with Crippen molar-refractivity contribution in [2.45, 2.75) is 19.3 Å². The molecule has 1 aliphatic carbocycles. The van der Waals surface area contributed by atoms with E-state index < -0.39 is 0 Å². The van der Waals surface area contributed by atoms with Gasteiger partial charge >= 0.3 is 0 Å². The lowest BCUT2D eigenvalue weighted by Crippen LogP contribution is -2.15. The summed E-state index contributed by atoms with van der Waals surface area (Å²) in [4.78, 5) is 0. The summed E-state index contributed by atoms with van der Waals surface area (Å²) in [6.45, 7) is 4.69. The van der Waals surface area contributed by atoms with Gasteiger partial charge in [0.05, 0.1) is 0 Å². The molecule has 0 saturated carbocycles. The summed E-state index contributed by atoms with van der Waals surface area (Å²) in [6, 6.07) is 41.1. The number of benzene rings is 5. The van der Waals surface area contributed by atoms with Crippen molar-refractivity contribution in [1.82, 2.24) is 0 Å². The molecule has 0 amide bonds. The second-order valence-corrected chi connectivity index (χ2v) is 9.95. The smallest absolute Gasteiger partial charge is 0.0412 e. The molecule has 1 aliphatic rings. The monoisotopic (exact) mass is 456 g/mol. The molecule has 34 heavy (non-hydrogen) atoms. The van der Waals surface area contributed by atoms with Gasteiger partial charge in [-0.15, -0.1) is 0 Å². The van der Waals surface area contributed by atoms with Crippen molar-refractivity contribution in [3.63, 3.8) is 0 Å². The zero-order valence-corrected chi connectivity index (χ0v) is 20.1. The molecule has 0 radical (unpaired) electrons. The number of halogens is 1. The minimum atomic E-state index is -0.0992. The van der Waals surface area contributed by atoms with Crippen LogP contribution in [0.3, 0.4) is 0 Å². The second kappa shape index (κ2) is 8.01. The first kappa shape index (κ1) is 21.0. The number of hydrogen-bond donors (Lipinski definition) is 0. The second-order valence-electron chi connectivity index (χ2n) is 9.51. The van der Waals surface area contributed by atoms with Crippen molar-refractivity contribution < 1.29 is 0 Å². The molecule has 0 unspecified atom stereocenters. The average molecular weight is 457 g/mol. The number of hydrogen-bond acceptors (Lipinski definition) is 0. The van der Waals surface area contributed by atoms with E-state index in [1.165, 1.54) is 50.1 Å². The summed E-state index contributed by atoms with van der Waals surface area (Å²) in [6.07, 6.45) is 0. The highest BCUT2D eigenvalue weighted by molar-refractivity contribution is 6.31.